The highest BCUT2D eigenvalue weighted by atomic mass is 19.1. The molecule has 1 aliphatic rings. The van der Waals surface area contributed by atoms with Gasteiger partial charge in [0.2, 0.25) is 0 Å². The number of hydrogen-bond donors (Lipinski definition) is 0. The molecule has 0 radical (unpaired) electrons. The zero-order chi connectivity index (χ0) is 19.4. The molecule has 0 bridgehead atoms. The molecule has 1 aromatic carbocycles. The molecule has 4 nitrogen and oxygen atoms in total. The van der Waals surface area contributed by atoms with Crippen LogP contribution in [-0.2, 0) is 6.42 Å². The number of hydrogen-bond acceptors (Lipinski definition) is 4. The Bertz CT molecular complexity index is 805. The van der Waals surface area contributed by atoms with Gasteiger partial charge >= 0.3 is 0 Å². The van der Waals surface area contributed by atoms with Gasteiger partial charge in [-0.15, -0.1) is 0 Å². The van der Waals surface area contributed by atoms with Gasteiger partial charge < -0.3 is 4.90 Å². The van der Waals surface area contributed by atoms with Crippen molar-refractivity contribution in [1.29, 1.82) is 5.26 Å². The second-order valence-corrected chi connectivity index (χ2v) is 7.64. The number of aromatic nitrogens is 1. The second-order valence-electron chi connectivity index (χ2n) is 7.64. The Morgan fingerprint density at radius 1 is 1.15 bits per heavy atom. The van der Waals surface area contributed by atoms with Crippen LogP contribution in [0.15, 0.2) is 36.5 Å². The van der Waals surface area contributed by atoms with E-state index in [1.807, 2.05) is 24.4 Å². The third kappa shape index (κ3) is 4.45. The van der Waals surface area contributed by atoms with Gasteiger partial charge in [-0.25, -0.2) is 4.39 Å². The summed E-state index contributed by atoms with van der Waals surface area (Å²) in [5.74, 6) is 0.0381. The minimum absolute atomic E-state index is 0.161. The molecule has 1 saturated heterocycles. The highest BCUT2D eigenvalue weighted by Crippen LogP contribution is 2.28. The van der Waals surface area contributed by atoms with Crippen molar-refractivity contribution in [2.24, 2.45) is 5.92 Å². The topological polar surface area (TPSA) is 43.2 Å². The number of piperazine rings is 1. The molecule has 27 heavy (non-hydrogen) atoms. The quantitative estimate of drug-likeness (QED) is 0.796. The van der Waals surface area contributed by atoms with Crippen LogP contribution in [0.2, 0.25) is 0 Å². The Labute approximate surface area is 161 Å². The summed E-state index contributed by atoms with van der Waals surface area (Å²) in [6, 6.07) is 11.8. The Balaban J connectivity index is 1.75. The van der Waals surface area contributed by atoms with Crippen LogP contribution in [0.4, 0.5) is 10.1 Å². The van der Waals surface area contributed by atoms with Crippen molar-refractivity contribution in [3.63, 3.8) is 0 Å². The first-order chi connectivity index (χ1) is 13.0. The number of halogens is 1. The molecule has 2 aromatic rings. The van der Waals surface area contributed by atoms with E-state index in [0.717, 1.165) is 49.5 Å². The van der Waals surface area contributed by atoms with Crippen molar-refractivity contribution >= 4 is 5.69 Å². The molecule has 1 fully saturated rings. The summed E-state index contributed by atoms with van der Waals surface area (Å²) in [6.45, 7) is 9.67. The Kier molecular flexibility index (Phi) is 6.08. The first-order valence-corrected chi connectivity index (χ1v) is 9.62. The van der Waals surface area contributed by atoms with Gasteiger partial charge in [-0.2, -0.15) is 5.26 Å². The molecule has 142 valence electrons. The van der Waals surface area contributed by atoms with Gasteiger partial charge in [-0.3, -0.25) is 9.88 Å². The molecule has 1 aliphatic heterocycles. The summed E-state index contributed by atoms with van der Waals surface area (Å²) in [5, 5.41) is 9.46. The maximum Gasteiger partial charge on any atom is 0.143 e. The average molecular weight is 366 g/mol. The lowest BCUT2D eigenvalue weighted by atomic mass is 9.99. The third-order valence-corrected chi connectivity index (χ3v) is 5.20. The number of benzene rings is 1. The zero-order valence-electron chi connectivity index (χ0n) is 16.3. The van der Waals surface area contributed by atoms with Crippen LogP contribution in [0.5, 0.6) is 0 Å². The molecule has 1 aromatic heterocycles. The molecule has 3 rings (SSSR count). The fraction of sp³-hybridized carbons (Fsp3) is 0.455. The maximum absolute atomic E-state index is 14.5. The van der Waals surface area contributed by atoms with E-state index < -0.39 is 5.82 Å². The van der Waals surface area contributed by atoms with Gasteiger partial charge in [0, 0.05) is 38.4 Å². The molecule has 0 aliphatic carbocycles. The van der Waals surface area contributed by atoms with Crippen molar-refractivity contribution < 1.29 is 4.39 Å². The SMILES string of the molecule is CC(C)Cc1cc(F)c(C#N)c(N2CCN(C(C)c3ccccn3)CC2)c1. The molecule has 1 unspecified atom stereocenters. The minimum atomic E-state index is -0.407. The van der Waals surface area contributed by atoms with Crippen LogP contribution in [0.3, 0.4) is 0 Å². The van der Waals surface area contributed by atoms with Gasteiger partial charge in [0.25, 0.3) is 0 Å². The van der Waals surface area contributed by atoms with Crippen molar-refractivity contribution in [2.75, 3.05) is 31.1 Å². The smallest absolute Gasteiger partial charge is 0.143 e. The largest absolute Gasteiger partial charge is 0.368 e. The van der Waals surface area contributed by atoms with E-state index in [-0.39, 0.29) is 11.6 Å². The predicted octanol–water partition coefficient (Wildman–Crippen LogP) is 4.17. The van der Waals surface area contributed by atoms with Crippen LogP contribution < -0.4 is 4.90 Å². The highest BCUT2D eigenvalue weighted by molar-refractivity contribution is 5.62. The van der Waals surface area contributed by atoms with E-state index in [4.69, 9.17) is 0 Å². The van der Waals surface area contributed by atoms with Crippen LogP contribution in [-0.4, -0.2) is 36.1 Å². The van der Waals surface area contributed by atoms with E-state index in [9.17, 15) is 9.65 Å². The summed E-state index contributed by atoms with van der Waals surface area (Å²) in [6.07, 6.45) is 2.64. The van der Waals surface area contributed by atoms with Gasteiger partial charge in [0.05, 0.1) is 11.4 Å². The lowest BCUT2D eigenvalue weighted by Gasteiger charge is -2.39. The fourth-order valence-electron chi connectivity index (χ4n) is 3.76. The monoisotopic (exact) mass is 366 g/mol. The molecule has 2 heterocycles. The Morgan fingerprint density at radius 3 is 2.48 bits per heavy atom. The van der Waals surface area contributed by atoms with E-state index in [1.54, 1.807) is 0 Å². The standard InChI is InChI=1S/C22H27FN4/c1-16(2)12-18-13-20(23)19(15-24)22(14-18)27-10-8-26(9-11-27)17(3)21-6-4-5-7-25-21/h4-7,13-14,16-17H,8-12H2,1-3H3. The van der Waals surface area contributed by atoms with Crippen molar-refractivity contribution in [2.45, 2.75) is 33.2 Å². The number of nitriles is 1. The van der Waals surface area contributed by atoms with Crippen LogP contribution in [0.25, 0.3) is 0 Å². The molecular weight excluding hydrogens is 339 g/mol. The summed E-state index contributed by atoms with van der Waals surface area (Å²) in [5.41, 5.74) is 2.92. The molecule has 0 spiro atoms. The summed E-state index contributed by atoms with van der Waals surface area (Å²) in [4.78, 5) is 9.00. The normalized spacial score (nSPS) is 16.4. The highest BCUT2D eigenvalue weighted by Gasteiger charge is 2.25. The summed E-state index contributed by atoms with van der Waals surface area (Å²) >= 11 is 0. The average Bonchev–Trinajstić information content (AvgIpc) is 2.67. The number of rotatable bonds is 5. The number of nitrogens with zero attached hydrogens (tertiary/aromatic N) is 4. The van der Waals surface area contributed by atoms with Crippen molar-refractivity contribution in [1.82, 2.24) is 9.88 Å². The maximum atomic E-state index is 14.5. The van der Waals surface area contributed by atoms with E-state index in [1.165, 1.54) is 6.07 Å². The first kappa shape index (κ1) is 19.3. The van der Waals surface area contributed by atoms with Gasteiger partial charge in [0.15, 0.2) is 0 Å². The van der Waals surface area contributed by atoms with E-state index in [0.29, 0.717) is 5.92 Å². The lowest BCUT2D eigenvalue weighted by Crippen LogP contribution is -2.47. The fourth-order valence-corrected chi connectivity index (χ4v) is 3.76. The van der Waals surface area contributed by atoms with Crippen molar-refractivity contribution in [3.05, 3.63) is 59.2 Å². The summed E-state index contributed by atoms with van der Waals surface area (Å²) in [7, 11) is 0. The van der Waals surface area contributed by atoms with E-state index >= 15 is 0 Å². The first-order valence-electron chi connectivity index (χ1n) is 9.62. The predicted molar refractivity (Wildman–Crippen MR) is 106 cm³/mol. The molecule has 0 N–H and O–H groups in total. The van der Waals surface area contributed by atoms with E-state index in [2.05, 4.69) is 47.7 Å². The zero-order valence-corrected chi connectivity index (χ0v) is 16.3. The minimum Gasteiger partial charge on any atom is -0.368 e. The van der Waals surface area contributed by atoms with Crippen LogP contribution in [0, 0.1) is 23.1 Å². The summed E-state index contributed by atoms with van der Waals surface area (Å²) < 4.78 is 14.5. The van der Waals surface area contributed by atoms with Gasteiger partial charge in [-0.1, -0.05) is 19.9 Å². The third-order valence-electron chi connectivity index (χ3n) is 5.20. The second kappa shape index (κ2) is 8.49. The number of pyridine rings is 1. The molecule has 5 heteroatoms. The lowest BCUT2D eigenvalue weighted by molar-refractivity contribution is 0.195. The van der Waals surface area contributed by atoms with Gasteiger partial charge in [0.1, 0.15) is 17.4 Å². The molecule has 0 saturated carbocycles. The van der Waals surface area contributed by atoms with Gasteiger partial charge in [-0.05, 0) is 49.1 Å². The number of anilines is 1. The Morgan fingerprint density at radius 2 is 1.89 bits per heavy atom. The van der Waals surface area contributed by atoms with Crippen molar-refractivity contribution in [3.8, 4) is 6.07 Å². The molecule has 1 atom stereocenters. The van der Waals surface area contributed by atoms with Crippen LogP contribution in [0.1, 0.15) is 43.6 Å². The molecular formula is C22H27FN4. The molecule has 0 amide bonds. The van der Waals surface area contributed by atoms with Crippen LogP contribution >= 0.6 is 0 Å². The Hall–Kier alpha value is -2.45.